The molecule has 0 aromatic carbocycles. The van der Waals surface area contributed by atoms with Gasteiger partial charge in [-0.2, -0.15) is 0 Å². The van der Waals surface area contributed by atoms with Gasteiger partial charge in [-0.3, -0.25) is 9.97 Å². The standard InChI is InChI=1S/C18H18FN5O/c1-25-15-11-21-10-14-16(15)18(24-8-4-13(19)5-9-24)23-17(22-14)12-2-6-20-7-3-12/h2-3,6-7,10-11,13H,4-5,8-9H2,1H3. The van der Waals surface area contributed by atoms with Gasteiger partial charge < -0.3 is 9.64 Å². The number of methoxy groups -OCH3 is 1. The normalized spacial score (nSPS) is 15.5. The van der Waals surface area contributed by atoms with Gasteiger partial charge in [0.2, 0.25) is 0 Å². The summed E-state index contributed by atoms with van der Waals surface area (Å²) in [5.74, 6) is 1.99. The lowest BCUT2D eigenvalue weighted by atomic mass is 10.1. The second-order valence-electron chi connectivity index (χ2n) is 6.00. The minimum Gasteiger partial charge on any atom is -0.494 e. The molecule has 3 aromatic rings. The third-order valence-electron chi connectivity index (χ3n) is 4.44. The zero-order valence-corrected chi connectivity index (χ0v) is 13.9. The predicted octanol–water partition coefficient (Wildman–Crippen LogP) is 3.03. The Morgan fingerprint density at radius 3 is 2.56 bits per heavy atom. The van der Waals surface area contributed by atoms with Crippen LogP contribution in [0.3, 0.4) is 0 Å². The molecule has 0 aliphatic carbocycles. The first-order valence-electron chi connectivity index (χ1n) is 8.25. The molecule has 1 aliphatic heterocycles. The van der Waals surface area contributed by atoms with Crippen LogP contribution in [0.25, 0.3) is 22.3 Å². The number of pyridine rings is 2. The van der Waals surface area contributed by atoms with Crippen molar-refractivity contribution < 1.29 is 9.13 Å². The Hall–Kier alpha value is -2.83. The first kappa shape index (κ1) is 15.7. The summed E-state index contributed by atoms with van der Waals surface area (Å²) in [6, 6.07) is 3.73. The van der Waals surface area contributed by atoms with Crippen LogP contribution in [0.5, 0.6) is 5.75 Å². The van der Waals surface area contributed by atoms with Crippen molar-refractivity contribution in [2.24, 2.45) is 0 Å². The van der Waals surface area contributed by atoms with Crippen LogP contribution in [0, 0.1) is 0 Å². The van der Waals surface area contributed by atoms with Crippen LogP contribution in [-0.2, 0) is 0 Å². The van der Waals surface area contributed by atoms with Gasteiger partial charge in [-0.25, -0.2) is 14.4 Å². The van der Waals surface area contributed by atoms with E-state index in [1.807, 2.05) is 12.1 Å². The minimum absolute atomic E-state index is 0.503. The Bertz CT molecular complexity index is 881. The van der Waals surface area contributed by atoms with E-state index in [4.69, 9.17) is 9.72 Å². The van der Waals surface area contributed by atoms with Gasteiger partial charge in [-0.1, -0.05) is 0 Å². The van der Waals surface area contributed by atoms with E-state index in [1.165, 1.54) is 0 Å². The number of piperidine rings is 1. The van der Waals surface area contributed by atoms with E-state index in [2.05, 4.69) is 19.9 Å². The van der Waals surface area contributed by atoms with E-state index < -0.39 is 6.17 Å². The zero-order valence-electron chi connectivity index (χ0n) is 13.9. The van der Waals surface area contributed by atoms with Gasteiger partial charge in [0.1, 0.15) is 17.7 Å². The molecule has 3 aromatic heterocycles. The maximum Gasteiger partial charge on any atom is 0.162 e. The monoisotopic (exact) mass is 339 g/mol. The summed E-state index contributed by atoms with van der Waals surface area (Å²) in [6.45, 7) is 1.24. The SMILES string of the molecule is COc1cncc2nc(-c3ccncc3)nc(N3CCC(F)CC3)c12. The fraction of sp³-hybridized carbons (Fsp3) is 0.333. The van der Waals surface area contributed by atoms with Gasteiger partial charge in [0.05, 0.1) is 30.4 Å². The molecule has 1 fully saturated rings. The number of nitrogens with zero attached hydrogens (tertiary/aromatic N) is 5. The molecular weight excluding hydrogens is 321 g/mol. The largest absolute Gasteiger partial charge is 0.494 e. The summed E-state index contributed by atoms with van der Waals surface area (Å²) < 4.78 is 19.0. The highest BCUT2D eigenvalue weighted by Gasteiger charge is 2.24. The number of aromatic nitrogens is 4. The van der Waals surface area contributed by atoms with Gasteiger partial charge in [-0.15, -0.1) is 0 Å². The quantitative estimate of drug-likeness (QED) is 0.731. The number of hydrogen-bond donors (Lipinski definition) is 0. The molecule has 0 amide bonds. The number of rotatable bonds is 3. The van der Waals surface area contributed by atoms with Crippen molar-refractivity contribution in [1.82, 2.24) is 19.9 Å². The fourth-order valence-corrected chi connectivity index (χ4v) is 3.11. The second kappa shape index (κ2) is 6.58. The Morgan fingerprint density at radius 1 is 1.08 bits per heavy atom. The molecule has 25 heavy (non-hydrogen) atoms. The van der Waals surface area contributed by atoms with Crippen LogP contribution < -0.4 is 9.64 Å². The predicted molar refractivity (Wildman–Crippen MR) is 93.5 cm³/mol. The lowest BCUT2D eigenvalue weighted by Crippen LogP contribution is -2.35. The highest BCUT2D eigenvalue weighted by Crippen LogP contribution is 2.34. The van der Waals surface area contributed by atoms with Crippen molar-refractivity contribution in [2.45, 2.75) is 19.0 Å². The van der Waals surface area contributed by atoms with Crippen molar-refractivity contribution in [2.75, 3.05) is 25.1 Å². The van der Waals surface area contributed by atoms with Gasteiger partial charge in [0, 0.05) is 31.0 Å². The average molecular weight is 339 g/mol. The van der Waals surface area contributed by atoms with Crippen LogP contribution in [0.2, 0.25) is 0 Å². The molecule has 4 heterocycles. The fourth-order valence-electron chi connectivity index (χ4n) is 3.11. The lowest BCUT2D eigenvalue weighted by Gasteiger charge is -2.30. The van der Waals surface area contributed by atoms with Crippen LogP contribution in [-0.4, -0.2) is 46.3 Å². The third-order valence-corrected chi connectivity index (χ3v) is 4.44. The van der Waals surface area contributed by atoms with E-state index >= 15 is 0 Å². The number of fused-ring (bicyclic) bond motifs is 1. The summed E-state index contributed by atoms with van der Waals surface area (Å²) >= 11 is 0. The maximum atomic E-state index is 13.6. The van der Waals surface area contributed by atoms with Crippen molar-refractivity contribution in [3.05, 3.63) is 36.9 Å². The molecule has 0 atom stereocenters. The van der Waals surface area contributed by atoms with Crippen molar-refractivity contribution in [1.29, 1.82) is 0 Å². The van der Waals surface area contributed by atoms with Crippen molar-refractivity contribution in [3.8, 4) is 17.1 Å². The molecule has 1 aliphatic rings. The van der Waals surface area contributed by atoms with Crippen molar-refractivity contribution in [3.63, 3.8) is 0 Å². The molecule has 4 rings (SSSR count). The number of anilines is 1. The summed E-state index contributed by atoms with van der Waals surface area (Å²) in [7, 11) is 1.60. The Kier molecular flexibility index (Phi) is 4.13. The van der Waals surface area contributed by atoms with Gasteiger partial charge in [-0.05, 0) is 25.0 Å². The molecule has 0 bridgehead atoms. The number of hydrogen-bond acceptors (Lipinski definition) is 6. The number of halogens is 1. The first-order valence-corrected chi connectivity index (χ1v) is 8.25. The molecule has 128 valence electrons. The highest BCUT2D eigenvalue weighted by molar-refractivity contribution is 5.95. The van der Waals surface area contributed by atoms with Crippen LogP contribution >= 0.6 is 0 Å². The molecule has 7 heteroatoms. The topological polar surface area (TPSA) is 64.0 Å². The summed E-state index contributed by atoms with van der Waals surface area (Å²) in [5, 5.41) is 0.813. The highest BCUT2D eigenvalue weighted by atomic mass is 19.1. The molecule has 1 saturated heterocycles. The molecule has 0 radical (unpaired) electrons. The smallest absolute Gasteiger partial charge is 0.162 e. The summed E-state index contributed by atoms with van der Waals surface area (Å²) in [6.07, 6.45) is 7.04. The summed E-state index contributed by atoms with van der Waals surface area (Å²) in [4.78, 5) is 19.8. The van der Waals surface area contributed by atoms with Gasteiger partial charge in [0.25, 0.3) is 0 Å². The van der Waals surface area contributed by atoms with Gasteiger partial charge in [0.15, 0.2) is 5.82 Å². The van der Waals surface area contributed by atoms with E-state index in [0.29, 0.717) is 43.0 Å². The Morgan fingerprint density at radius 2 is 1.84 bits per heavy atom. The Labute approximate surface area is 144 Å². The van der Waals surface area contributed by atoms with Crippen LogP contribution in [0.4, 0.5) is 10.2 Å². The zero-order chi connectivity index (χ0) is 17.2. The lowest BCUT2D eigenvalue weighted by molar-refractivity contribution is 0.277. The average Bonchev–Trinajstić information content (AvgIpc) is 2.68. The molecule has 6 nitrogen and oxygen atoms in total. The molecule has 0 N–H and O–H groups in total. The van der Waals surface area contributed by atoms with E-state index in [1.54, 1.807) is 31.9 Å². The molecular formula is C18H18FN5O. The van der Waals surface area contributed by atoms with Crippen molar-refractivity contribution >= 4 is 16.7 Å². The molecule has 0 saturated carbocycles. The number of alkyl halides is 1. The first-order chi connectivity index (χ1) is 12.3. The minimum atomic E-state index is -0.743. The Balaban J connectivity index is 1.90. The van der Waals surface area contributed by atoms with Gasteiger partial charge >= 0.3 is 0 Å². The molecule has 0 unspecified atom stereocenters. The van der Waals surface area contributed by atoms with Crippen LogP contribution in [0.1, 0.15) is 12.8 Å². The third kappa shape index (κ3) is 2.97. The van der Waals surface area contributed by atoms with E-state index in [-0.39, 0.29) is 0 Å². The molecule has 0 spiro atoms. The summed E-state index contributed by atoms with van der Waals surface area (Å²) in [5.41, 5.74) is 1.58. The van der Waals surface area contributed by atoms with E-state index in [9.17, 15) is 4.39 Å². The number of ether oxygens (including phenoxy) is 1. The van der Waals surface area contributed by atoms with Crippen LogP contribution in [0.15, 0.2) is 36.9 Å². The van der Waals surface area contributed by atoms with E-state index in [0.717, 1.165) is 16.8 Å². The second-order valence-corrected chi connectivity index (χ2v) is 6.00. The maximum absolute atomic E-state index is 13.6.